The molecule has 1 atom stereocenters. The molecular formula is C20H15ClN2O3. The molecule has 4 rings (SSSR count). The molecule has 6 heteroatoms. The van der Waals surface area contributed by atoms with Gasteiger partial charge < -0.3 is 0 Å². The number of hydrogen-bond donors (Lipinski definition) is 0. The third-order valence-corrected chi connectivity index (χ3v) is 5.05. The topological polar surface area (TPSA) is 61.1 Å². The van der Waals surface area contributed by atoms with Crippen LogP contribution in [-0.4, -0.2) is 15.1 Å². The lowest BCUT2D eigenvalue weighted by Gasteiger charge is -2.18. The van der Waals surface area contributed by atoms with Crippen LogP contribution in [0.5, 0.6) is 0 Å². The number of rotatable bonds is 2. The Balaban J connectivity index is 2.16. The first-order valence-electron chi connectivity index (χ1n) is 8.16. The van der Waals surface area contributed by atoms with Gasteiger partial charge in [-0.1, -0.05) is 35.9 Å². The lowest BCUT2D eigenvalue weighted by Crippen LogP contribution is -2.37. The number of ketones is 1. The van der Waals surface area contributed by atoms with Crippen LogP contribution in [0.25, 0.3) is 16.5 Å². The van der Waals surface area contributed by atoms with Crippen molar-refractivity contribution in [1.82, 2.24) is 9.36 Å². The molecule has 1 aromatic heterocycles. The van der Waals surface area contributed by atoms with Crippen LogP contribution in [0.4, 0.5) is 0 Å². The number of carbonyl (C=O) groups is 1. The van der Waals surface area contributed by atoms with E-state index in [9.17, 15) is 14.4 Å². The van der Waals surface area contributed by atoms with E-state index in [0.29, 0.717) is 27.1 Å². The second-order valence-electron chi connectivity index (χ2n) is 6.32. The molecule has 26 heavy (non-hydrogen) atoms. The van der Waals surface area contributed by atoms with Crippen molar-refractivity contribution in [2.75, 3.05) is 0 Å². The van der Waals surface area contributed by atoms with Gasteiger partial charge in [0.25, 0.3) is 11.1 Å². The van der Waals surface area contributed by atoms with E-state index in [4.69, 9.17) is 11.6 Å². The zero-order valence-electron chi connectivity index (χ0n) is 14.2. The molecule has 3 aromatic rings. The molecule has 1 aliphatic rings. The molecule has 2 heterocycles. The molecule has 0 aliphatic carbocycles. The maximum atomic E-state index is 13.2. The Hall–Kier alpha value is -2.92. The van der Waals surface area contributed by atoms with Gasteiger partial charge in [0, 0.05) is 10.6 Å². The molecule has 130 valence electrons. The van der Waals surface area contributed by atoms with Gasteiger partial charge in [0.1, 0.15) is 6.04 Å². The van der Waals surface area contributed by atoms with Crippen molar-refractivity contribution in [2.45, 2.75) is 19.9 Å². The largest absolute Gasteiger partial charge is 0.295 e. The highest BCUT2D eigenvalue weighted by atomic mass is 35.5. The number of nitrogens with zero attached hydrogens (tertiary/aromatic N) is 2. The summed E-state index contributed by atoms with van der Waals surface area (Å²) in [4.78, 5) is 38.6. The normalized spacial score (nSPS) is 16.2. The molecule has 2 aromatic carbocycles. The third kappa shape index (κ3) is 2.21. The smallest absolute Gasteiger partial charge is 0.277 e. The van der Waals surface area contributed by atoms with E-state index in [1.165, 1.54) is 16.3 Å². The molecule has 0 spiro atoms. The van der Waals surface area contributed by atoms with E-state index < -0.39 is 6.04 Å². The van der Waals surface area contributed by atoms with Crippen LogP contribution >= 0.6 is 11.6 Å². The van der Waals surface area contributed by atoms with Crippen LogP contribution in [0.15, 0.2) is 63.7 Å². The molecule has 0 amide bonds. The van der Waals surface area contributed by atoms with Crippen LogP contribution in [0.2, 0.25) is 5.02 Å². The van der Waals surface area contributed by atoms with E-state index in [1.807, 2.05) is 0 Å². The quantitative estimate of drug-likeness (QED) is 0.699. The van der Waals surface area contributed by atoms with Crippen molar-refractivity contribution in [3.05, 3.63) is 85.4 Å². The molecule has 0 saturated carbocycles. The van der Waals surface area contributed by atoms with Crippen molar-refractivity contribution in [3.8, 4) is 0 Å². The maximum Gasteiger partial charge on any atom is 0.277 e. The number of benzene rings is 2. The summed E-state index contributed by atoms with van der Waals surface area (Å²) in [6, 6.07) is 13.0. The number of fused-ring (bicyclic) bond motifs is 2. The van der Waals surface area contributed by atoms with Crippen LogP contribution in [-0.2, 0) is 4.79 Å². The number of aromatic nitrogens is 2. The summed E-state index contributed by atoms with van der Waals surface area (Å²) in [5.74, 6) is -0.179. The Morgan fingerprint density at radius 3 is 2.12 bits per heavy atom. The van der Waals surface area contributed by atoms with Crippen LogP contribution in [0, 0.1) is 0 Å². The van der Waals surface area contributed by atoms with Gasteiger partial charge in [0.2, 0.25) is 0 Å². The van der Waals surface area contributed by atoms with Crippen molar-refractivity contribution in [3.63, 3.8) is 0 Å². The molecule has 0 fully saturated rings. The predicted molar refractivity (Wildman–Crippen MR) is 102 cm³/mol. The fraction of sp³-hybridized carbons (Fsp3) is 0.150. The minimum absolute atomic E-state index is 0.179. The third-order valence-electron chi connectivity index (χ3n) is 4.79. The number of Topliss-reactive ketones (excluding diaryl/α,β-unsaturated/α-hetero) is 1. The van der Waals surface area contributed by atoms with E-state index in [0.717, 1.165) is 5.56 Å². The highest BCUT2D eigenvalue weighted by Crippen LogP contribution is 2.35. The SMILES string of the molecule is CC(=O)C1=C(C)n2c(=O)c3ccccc3c(=O)n2C1c1ccc(Cl)cc1. The summed E-state index contributed by atoms with van der Waals surface area (Å²) in [5, 5.41) is 1.23. The minimum Gasteiger partial charge on any atom is -0.295 e. The Kier molecular flexibility index (Phi) is 3.70. The van der Waals surface area contributed by atoms with Gasteiger partial charge in [-0.3, -0.25) is 14.4 Å². The summed E-state index contributed by atoms with van der Waals surface area (Å²) in [7, 11) is 0. The van der Waals surface area contributed by atoms with Gasteiger partial charge in [-0.15, -0.1) is 0 Å². The standard InChI is InChI=1S/C20H15ClN2O3/c1-11-17(12(2)24)18(13-7-9-14(21)10-8-13)23-20(26)16-6-4-3-5-15(16)19(25)22(11)23/h3-10,18H,1-2H3. The number of carbonyl (C=O) groups excluding carboxylic acids is 1. The van der Waals surface area contributed by atoms with Gasteiger partial charge in [-0.05, 0) is 43.7 Å². The fourth-order valence-electron chi connectivity index (χ4n) is 3.66. The van der Waals surface area contributed by atoms with Gasteiger partial charge in [0.05, 0.1) is 16.5 Å². The Labute approximate surface area is 153 Å². The molecule has 0 bridgehead atoms. The molecule has 0 radical (unpaired) electrons. The van der Waals surface area contributed by atoms with Crippen molar-refractivity contribution >= 4 is 33.9 Å². The number of hydrogen-bond acceptors (Lipinski definition) is 3. The first kappa shape index (κ1) is 16.5. The van der Waals surface area contributed by atoms with E-state index in [1.54, 1.807) is 55.5 Å². The second kappa shape index (κ2) is 5.81. The zero-order valence-corrected chi connectivity index (χ0v) is 14.9. The van der Waals surface area contributed by atoms with Gasteiger partial charge in [0.15, 0.2) is 5.78 Å². The average Bonchev–Trinajstić information content (AvgIpc) is 2.94. The summed E-state index contributed by atoms with van der Waals surface area (Å²) >= 11 is 5.98. The summed E-state index contributed by atoms with van der Waals surface area (Å²) in [5.41, 5.74) is 1.01. The first-order valence-corrected chi connectivity index (χ1v) is 8.53. The molecule has 1 unspecified atom stereocenters. The van der Waals surface area contributed by atoms with Crippen molar-refractivity contribution in [1.29, 1.82) is 0 Å². The highest BCUT2D eigenvalue weighted by Gasteiger charge is 2.35. The van der Waals surface area contributed by atoms with Crippen molar-refractivity contribution in [2.24, 2.45) is 0 Å². The van der Waals surface area contributed by atoms with Crippen molar-refractivity contribution < 1.29 is 4.79 Å². The monoisotopic (exact) mass is 366 g/mol. The fourth-order valence-corrected chi connectivity index (χ4v) is 3.79. The van der Waals surface area contributed by atoms with E-state index in [-0.39, 0.29) is 16.9 Å². The van der Waals surface area contributed by atoms with Crippen LogP contribution in [0.1, 0.15) is 25.5 Å². The van der Waals surface area contributed by atoms with E-state index in [2.05, 4.69) is 0 Å². The molecule has 0 saturated heterocycles. The average molecular weight is 367 g/mol. The maximum absolute atomic E-state index is 13.2. The first-order chi connectivity index (χ1) is 12.4. The summed E-state index contributed by atoms with van der Waals surface area (Å²) in [6.45, 7) is 3.14. The Bertz CT molecular complexity index is 1220. The highest BCUT2D eigenvalue weighted by molar-refractivity contribution is 6.30. The number of halogens is 1. The lowest BCUT2D eigenvalue weighted by molar-refractivity contribution is -0.113. The lowest BCUT2D eigenvalue weighted by atomic mass is 9.96. The Morgan fingerprint density at radius 2 is 1.54 bits per heavy atom. The zero-order chi connectivity index (χ0) is 18.6. The van der Waals surface area contributed by atoms with Crippen LogP contribution < -0.4 is 11.1 Å². The molecule has 1 aliphatic heterocycles. The Morgan fingerprint density at radius 1 is 0.962 bits per heavy atom. The molecular weight excluding hydrogens is 352 g/mol. The van der Waals surface area contributed by atoms with Gasteiger partial charge >= 0.3 is 0 Å². The molecule has 0 N–H and O–H groups in total. The second-order valence-corrected chi connectivity index (χ2v) is 6.76. The van der Waals surface area contributed by atoms with Gasteiger partial charge in [-0.25, -0.2) is 9.36 Å². The summed E-state index contributed by atoms with van der Waals surface area (Å²) < 4.78 is 2.70. The van der Waals surface area contributed by atoms with Crippen LogP contribution in [0.3, 0.4) is 0 Å². The van der Waals surface area contributed by atoms with Gasteiger partial charge in [-0.2, -0.15) is 0 Å². The summed E-state index contributed by atoms with van der Waals surface area (Å²) in [6.07, 6.45) is 0. The minimum atomic E-state index is -0.658. The number of allylic oxidation sites excluding steroid dienone is 2. The molecule has 5 nitrogen and oxygen atoms in total. The van der Waals surface area contributed by atoms with E-state index >= 15 is 0 Å². The predicted octanol–water partition coefficient (Wildman–Crippen LogP) is 3.24.